The Labute approximate surface area is 122 Å². The van der Waals surface area contributed by atoms with E-state index in [9.17, 15) is 13.6 Å². The predicted molar refractivity (Wildman–Crippen MR) is 74.0 cm³/mol. The molecule has 1 aliphatic rings. The molecule has 1 amide bonds. The van der Waals surface area contributed by atoms with Gasteiger partial charge in [0.25, 0.3) is 5.91 Å². The van der Waals surface area contributed by atoms with Crippen LogP contribution in [0.4, 0.5) is 8.78 Å². The van der Waals surface area contributed by atoms with Gasteiger partial charge in [0.05, 0.1) is 12.7 Å². The Hall–Kier alpha value is -1.85. The second kappa shape index (κ2) is 7.24. The zero-order valence-corrected chi connectivity index (χ0v) is 11.9. The van der Waals surface area contributed by atoms with Crippen molar-refractivity contribution in [2.75, 3.05) is 7.11 Å². The fraction of sp³-hybridized carbons (Fsp3) is 0.533. The van der Waals surface area contributed by atoms with Gasteiger partial charge in [-0.05, 0) is 25.0 Å². The van der Waals surface area contributed by atoms with Crippen molar-refractivity contribution in [2.24, 2.45) is 0 Å². The van der Waals surface area contributed by atoms with E-state index in [2.05, 4.69) is 10.1 Å². The van der Waals surface area contributed by atoms with Crippen molar-refractivity contribution in [3.8, 4) is 11.5 Å². The van der Waals surface area contributed by atoms with Crippen LogP contribution in [0.2, 0.25) is 0 Å². The summed E-state index contributed by atoms with van der Waals surface area (Å²) in [7, 11) is 1.34. The van der Waals surface area contributed by atoms with Crippen LogP contribution >= 0.6 is 0 Å². The van der Waals surface area contributed by atoms with Gasteiger partial charge in [-0.25, -0.2) is 0 Å². The van der Waals surface area contributed by atoms with Gasteiger partial charge in [0.2, 0.25) is 0 Å². The zero-order chi connectivity index (χ0) is 15.2. The highest BCUT2D eigenvalue weighted by Crippen LogP contribution is 2.32. The highest BCUT2D eigenvalue weighted by molar-refractivity contribution is 5.98. The molecule has 0 saturated heterocycles. The fourth-order valence-electron chi connectivity index (χ4n) is 2.58. The highest BCUT2D eigenvalue weighted by Gasteiger charge is 2.23. The minimum atomic E-state index is -3.01. The molecule has 2 rings (SSSR count). The molecule has 1 saturated carbocycles. The van der Waals surface area contributed by atoms with Gasteiger partial charge in [-0.15, -0.1) is 0 Å². The third-order valence-electron chi connectivity index (χ3n) is 3.59. The Kier molecular flexibility index (Phi) is 5.36. The Morgan fingerprint density at radius 3 is 2.62 bits per heavy atom. The second-order valence-electron chi connectivity index (χ2n) is 5.02. The molecule has 0 unspecified atom stereocenters. The number of amides is 1. The van der Waals surface area contributed by atoms with Crippen molar-refractivity contribution >= 4 is 5.91 Å². The largest absolute Gasteiger partial charge is 0.493 e. The number of halogens is 2. The number of hydrogen-bond donors (Lipinski definition) is 1. The number of carbonyl (C=O) groups excluding carboxylic acids is 1. The first-order chi connectivity index (χ1) is 10.1. The summed E-state index contributed by atoms with van der Waals surface area (Å²) in [4.78, 5) is 12.3. The lowest BCUT2D eigenvalue weighted by Gasteiger charge is -2.23. The highest BCUT2D eigenvalue weighted by atomic mass is 19.3. The van der Waals surface area contributed by atoms with Gasteiger partial charge in [0.15, 0.2) is 11.5 Å². The van der Waals surface area contributed by atoms with Crippen molar-refractivity contribution in [3.05, 3.63) is 23.8 Å². The molecule has 1 aromatic carbocycles. The smallest absolute Gasteiger partial charge is 0.387 e. The first-order valence-corrected chi connectivity index (χ1v) is 7.04. The normalized spacial score (nSPS) is 15.8. The van der Waals surface area contributed by atoms with Gasteiger partial charge in [0, 0.05) is 6.04 Å². The molecule has 1 fully saturated rings. The Balaban J connectivity index is 2.18. The standard InChI is InChI=1S/C15H19F2NO3/c1-20-12-9-5-8-11(13(12)21-15(16)17)14(19)18-10-6-3-2-4-7-10/h5,8-10,15H,2-4,6-7H2,1H3,(H,18,19). The zero-order valence-electron chi connectivity index (χ0n) is 11.9. The van der Waals surface area contributed by atoms with Crippen LogP contribution < -0.4 is 14.8 Å². The number of ether oxygens (including phenoxy) is 2. The van der Waals surface area contributed by atoms with Crippen LogP contribution in [0.3, 0.4) is 0 Å². The molecule has 4 nitrogen and oxygen atoms in total. The Morgan fingerprint density at radius 1 is 1.29 bits per heavy atom. The topological polar surface area (TPSA) is 47.6 Å². The molecular weight excluding hydrogens is 280 g/mol. The molecule has 0 spiro atoms. The molecule has 0 aliphatic heterocycles. The number of carbonyl (C=O) groups is 1. The maximum absolute atomic E-state index is 12.5. The second-order valence-corrected chi connectivity index (χ2v) is 5.02. The summed E-state index contributed by atoms with van der Waals surface area (Å²) in [5, 5.41) is 2.88. The van der Waals surface area contributed by atoms with E-state index in [1.807, 2.05) is 0 Å². The average Bonchev–Trinajstić information content (AvgIpc) is 2.47. The van der Waals surface area contributed by atoms with Crippen LogP contribution in [0, 0.1) is 0 Å². The maximum Gasteiger partial charge on any atom is 0.387 e. The van der Waals surface area contributed by atoms with Crippen molar-refractivity contribution in [3.63, 3.8) is 0 Å². The lowest BCUT2D eigenvalue weighted by Crippen LogP contribution is -2.36. The first kappa shape index (κ1) is 15.5. The van der Waals surface area contributed by atoms with Gasteiger partial charge in [-0.1, -0.05) is 25.3 Å². The molecule has 0 heterocycles. The molecule has 1 N–H and O–H groups in total. The minimum absolute atomic E-state index is 0.0697. The lowest BCUT2D eigenvalue weighted by molar-refractivity contribution is -0.0515. The molecule has 116 valence electrons. The molecule has 0 aromatic heterocycles. The molecule has 21 heavy (non-hydrogen) atoms. The van der Waals surface area contributed by atoms with Crippen molar-refractivity contribution in [1.29, 1.82) is 0 Å². The van der Waals surface area contributed by atoms with Gasteiger partial charge in [-0.2, -0.15) is 8.78 Å². The van der Waals surface area contributed by atoms with Crippen LogP contribution in [0.15, 0.2) is 18.2 Å². The van der Waals surface area contributed by atoms with E-state index in [0.717, 1.165) is 25.7 Å². The van der Waals surface area contributed by atoms with Crippen molar-refractivity contribution in [2.45, 2.75) is 44.8 Å². The average molecular weight is 299 g/mol. The van der Waals surface area contributed by atoms with Gasteiger partial charge in [0.1, 0.15) is 0 Å². The Morgan fingerprint density at radius 2 is 2.00 bits per heavy atom. The van der Waals surface area contributed by atoms with Crippen LogP contribution in [-0.2, 0) is 0 Å². The van der Waals surface area contributed by atoms with E-state index in [1.54, 1.807) is 6.07 Å². The molecule has 1 aliphatic carbocycles. The van der Waals surface area contributed by atoms with Gasteiger partial charge < -0.3 is 14.8 Å². The molecule has 0 radical (unpaired) electrons. The van der Waals surface area contributed by atoms with Crippen LogP contribution in [0.25, 0.3) is 0 Å². The third-order valence-corrected chi connectivity index (χ3v) is 3.59. The number of rotatable bonds is 5. The molecular formula is C15H19F2NO3. The SMILES string of the molecule is COc1cccc(C(=O)NC2CCCCC2)c1OC(F)F. The maximum atomic E-state index is 12.5. The fourth-order valence-corrected chi connectivity index (χ4v) is 2.58. The molecule has 6 heteroatoms. The van der Waals surface area contributed by atoms with E-state index in [0.29, 0.717) is 0 Å². The number of benzene rings is 1. The van der Waals surface area contributed by atoms with Crippen molar-refractivity contribution in [1.82, 2.24) is 5.32 Å². The lowest BCUT2D eigenvalue weighted by atomic mass is 9.95. The summed E-state index contributed by atoms with van der Waals surface area (Å²) < 4.78 is 34.5. The number of alkyl halides is 2. The summed E-state index contributed by atoms with van der Waals surface area (Å²) in [5.74, 6) is -0.508. The number of methoxy groups -OCH3 is 1. The summed E-state index contributed by atoms with van der Waals surface area (Å²) in [5.41, 5.74) is 0.0697. The summed E-state index contributed by atoms with van der Waals surface area (Å²) >= 11 is 0. The quantitative estimate of drug-likeness (QED) is 0.907. The number of para-hydroxylation sites is 1. The van der Waals surface area contributed by atoms with E-state index in [-0.39, 0.29) is 23.1 Å². The van der Waals surface area contributed by atoms with Crippen molar-refractivity contribution < 1.29 is 23.0 Å². The van der Waals surface area contributed by atoms with E-state index >= 15 is 0 Å². The van der Waals surface area contributed by atoms with Gasteiger partial charge in [-0.3, -0.25) is 4.79 Å². The van der Waals surface area contributed by atoms with Crippen LogP contribution in [-0.4, -0.2) is 25.7 Å². The number of hydrogen-bond acceptors (Lipinski definition) is 3. The van der Waals surface area contributed by atoms with E-state index < -0.39 is 12.5 Å². The summed E-state index contributed by atoms with van der Waals surface area (Å²) in [6, 6.07) is 4.61. The summed E-state index contributed by atoms with van der Waals surface area (Å²) in [6.07, 6.45) is 5.15. The predicted octanol–water partition coefficient (Wildman–Crippen LogP) is 3.36. The summed E-state index contributed by atoms with van der Waals surface area (Å²) in [6.45, 7) is -3.01. The molecule has 0 atom stereocenters. The molecule has 0 bridgehead atoms. The third kappa shape index (κ3) is 4.06. The monoisotopic (exact) mass is 299 g/mol. The van der Waals surface area contributed by atoms with E-state index in [4.69, 9.17) is 4.74 Å². The minimum Gasteiger partial charge on any atom is -0.493 e. The first-order valence-electron chi connectivity index (χ1n) is 7.04. The molecule has 1 aromatic rings. The van der Waals surface area contributed by atoms with E-state index in [1.165, 1.54) is 25.7 Å². The van der Waals surface area contributed by atoms with Crippen LogP contribution in [0.1, 0.15) is 42.5 Å². The Bertz CT molecular complexity index is 488. The van der Waals surface area contributed by atoms with Crippen LogP contribution in [0.5, 0.6) is 11.5 Å². The number of nitrogens with one attached hydrogen (secondary N) is 1. The van der Waals surface area contributed by atoms with Gasteiger partial charge >= 0.3 is 6.61 Å².